The van der Waals surface area contributed by atoms with E-state index in [4.69, 9.17) is 14.2 Å². The molecular weight excluding hydrogens is 670 g/mol. The highest BCUT2D eigenvalue weighted by Crippen LogP contribution is 2.37. The molecule has 0 aliphatic rings. The van der Waals surface area contributed by atoms with E-state index in [0.29, 0.717) is 45.1 Å². The SMILES string of the molecule is CCOc1cc(/C=N/NC(=O)c2ccc(-c3csc(Nc4ccccc4)n3)cc2)cc(Br)c1OCC(=O)Nc1ccccc1OC. The molecule has 0 spiro atoms. The number of thiazole rings is 1. The topological polar surface area (TPSA) is 123 Å². The molecule has 0 unspecified atom stereocenters. The van der Waals surface area contributed by atoms with Crippen molar-refractivity contribution in [1.29, 1.82) is 0 Å². The smallest absolute Gasteiger partial charge is 0.271 e. The van der Waals surface area contributed by atoms with Crippen molar-refractivity contribution in [2.75, 3.05) is 31.0 Å². The Labute approximate surface area is 278 Å². The summed E-state index contributed by atoms with van der Waals surface area (Å²) in [4.78, 5) is 30.0. The van der Waals surface area contributed by atoms with Gasteiger partial charge in [-0.15, -0.1) is 11.3 Å². The molecule has 4 aromatic carbocycles. The van der Waals surface area contributed by atoms with E-state index in [0.717, 1.165) is 22.1 Å². The lowest BCUT2D eigenvalue weighted by molar-refractivity contribution is -0.118. The number of aromatic nitrogens is 1. The van der Waals surface area contributed by atoms with E-state index in [1.165, 1.54) is 24.7 Å². The normalized spacial score (nSPS) is 10.8. The number of hydrazone groups is 1. The number of rotatable bonds is 13. The van der Waals surface area contributed by atoms with Crippen molar-refractivity contribution < 1.29 is 23.8 Å². The van der Waals surface area contributed by atoms with E-state index in [1.54, 1.807) is 42.5 Å². The van der Waals surface area contributed by atoms with Crippen LogP contribution in [-0.4, -0.2) is 43.3 Å². The number of halogens is 1. The van der Waals surface area contributed by atoms with Crippen LogP contribution in [0.5, 0.6) is 17.2 Å². The summed E-state index contributed by atoms with van der Waals surface area (Å²) in [6, 6.07) is 27.5. The van der Waals surface area contributed by atoms with E-state index >= 15 is 0 Å². The fourth-order valence-electron chi connectivity index (χ4n) is 4.27. The van der Waals surface area contributed by atoms with Crippen LogP contribution < -0.4 is 30.3 Å². The maximum atomic E-state index is 12.8. The molecule has 46 heavy (non-hydrogen) atoms. The van der Waals surface area contributed by atoms with Crippen molar-refractivity contribution in [2.45, 2.75) is 6.92 Å². The molecule has 5 aromatic rings. The molecule has 234 valence electrons. The molecule has 5 rings (SSSR count). The lowest BCUT2D eigenvalue weighted by atomic mass is 10.1. The fourth-order valence-corrected chi connectivity index (χ4v) is 5.58. The molecule has 1 aromatic heterocycles. The Morgan fingerprint density at radius 1 is 0.957 bits per heavy atom. The average molecular weight is 701 g/mol. The lowest BCUT2D eigenvalue weighted by Gasteiger charge is -2.15. The Balaban J connectivity index is 1.18. The number of carbonyl (C=O) groups is 2. The number of para-hydroxylation sites is 3. The van der Waals surface area contributed by atoms with Gasteiger partial charge in [0.25, 0.3) is 11.8 Å². The van der Waals surface area contributed by atoms with Gasteiger partial charge in [-0.2, -0.15) is 5.10 Å². The predicted molar refractivity (Wildman–Crippen MR) is 185 cm³/mol. The number of nitrogens with one attached hydrogen (secondary N) is 3. The van der Waals surface area contributed by atoms with Gasteiger partial charge in [0.1, 0.15) is 5.75 Å². The van der Waals surface area contributed by atoms with Crippen molar-refractivity contribution in [2.24, 2.45) is 5.10 Å². The number of ether oxygens (including phenoxy) is 3. The zero-order chi connectivity index (χ0) is 32.3. The molecule has 0 atom stereocenters. The second-order valence-electron chi connectivity index (χ2n) is 9.61. The van der Waals surface area contributed by atoms with Crippen LogP contribution in [0.25, 0.3) is 11.3 Å². The Hall–Kier alpha value is -5.20. The van der Waals surface area contributed by atoms with E-state index < -0.39 is 0 Å². The summed E-state index contributed by atoms with van der Waals surface area (Å²) in [6.07, 6.45) is 1.49. The van der Waals surface area contributed by atoms with Gasteiger partial charge in [-0.3, -0.25) is 9.59 Å². The summed E-state index contributed by atoms with van der Waals surface area (Å²) < 4.78 is 17.4. The highest BCUT2D eigenvalue weighted by Gasteiger charge is 2.15. The quantitative estimate of drug-likeness (QED) is 0.0859. The Kier molecular flexibility index (Phi) is 11.0. The first-order chi connectivity index (χ1) is 22.4. The summed E-state index contributed by atoms with van der Waals surface area (Å²) in [5.41, 5.74) is 6.85. The molecular formula is C34H30BrN5O5S. The molecule has 0 bridgehead atoms. The van der Waals surface area contributed by atoms with Gasteiger partial charge < -0.3 is 24.8 Å². The Bertz CT molecular complexity index is 1830. The molecule has 2 amide bonds. The molecule has 0 aliphatic carbocycles. The summed E-state index contributed by atoms with van der Waals surface area (Å²) in [6.45, 7) is 1.95. The number of carbonyl (C=O) groups excluding carboxylic acids is 2. The zero-order valence-corrected chi connectivity index (χ0v) is 27.4. The summed E-state index contributed by atoms with van der Waals surface area (Å²) >= 11 is 5.00. The van der Waals surface area contributed by atoms with Crippen molar-refractivity contribution >= 4 is 61.8 Å². The third-order valence-electron chi connectivity index (χ3n) is 6.41. The van der Waals surface area contributed by atoms with Crippen molar-refractivity contribution in [1.82, 2.24) is 10.4 Å². The summed E-state index contributed by atoms with van der Waals surface area (Å²) in [5, 5.41) is 12.9. The molecule has 3 N–H and O–H groups in total. The van der Waals surface area contributed by atoms with Gasteiger partial charge in [-0.05, 0) is 76.9 Å². The minimum Gasteiger partial charge on any atom is -0.495 e. The van der Waals surface area contributed by atoms with E-state index in [-0.39, 0.29) is 18.4 Å². The van der Waals surface area contributed by atoms with Crippen LogP contribution in [0.3, 0.4) is 0 Å². The second-order valence-corrected chi connectivity index (χ2v) is 11.3. The Morgan fingerprint density at radius 2 is 1.72 bits per heavy atom. The van der Waals surface area contributed by atoms with Gasteiger partial charge >= 0.3 is 0 Å². The van der Waals surface area contributed by atoms with Crippen molar-refractivity contribution in [3.63, 3.8) is 0 Å². The van der Waals surface area contributed by atoms with E-state index in [1.807, 2.05) is 60.8 Å². The minimum absolute atomic E-state index is 0.257. The number of anilines is 3. The number of amides is 2. The number of hydrogen-bond acceptors (Lipinski definition) is 9. The lowest BCUT2D eigenvalue weighted by Crippen LogP contribution is -2.21. The molecule has 0 saturated carbocycles. The van der Waals surface area contributed by atoms with Gasteiger partial charge in [0.05, 0.1) is 35.8 Å². The third-order valence-corrected chi connectivity index (χ3v) is 7.76. The predicted octanol–water partition coefficient (Wildman–Crippen LogP) is 7.50. The highest BCUT2D eigenvalue weighted by molar-refractivity contribution is 9.10. The van der Waals surface area contributed by atoms with E-state index in [2.05, 4.69) is 42.1 Å². The van der Waals surface area contributed by atoms with E-state index in [9.17, 15) is 9.59 Å². The molecule has 0 saturated heterocycles. The van der Waals surface area contributed by atoms with Crippen LogP contribution in [-0.2, 0) is 4.79 Å². The molecule has 0 aliphatic heterocycles. The second kappa shape index (κ2) is 15.7. The standard InChI is InChI=1S/C34H30BrN5O5S/c1-3-44-30-18-22(17-26(35)32(30)45-20-31(41)38-27-11-7-8-12-29(27)43-2)19-36-40-33(42)24-15-13-23(14-16-24)28-21-46-34(39-28)37-25-9-5-4-6-10-25/h4-19,21H,3,20H2,1-2H3,(H,37,39)(H,38,41)(H,40,42)/b36-19+. The van der Waals surface area contributed by atoms with Gasteiger partial charge in [0.15, 0.2) is 23.2 Å². The van der Waals surface area contributed by atoms with Crippen LogP contribution in [0, 0.1) is 0 Å². The van der Waals surface area contributed by atoms with Crippen LogP contribution in [0.15, 0.2) is 106 Å². The first kappa shape index (κ1) is 32.2. The summed E-state index contributed by atoms with van der Waals surface area (Å²) in [7, 11) is 1.53. The first-order valence-electron chi connectivity index (χ1n) is 14.2. The average Bonchev–Trinajstić information content (AvgIpc) is 3.53. The fraction of sp³-hybridized carbons (Fsp3) is 0.118. The molecule has 0 radical (unpaired) electrons. The molecule has 1 heterocycles. The number of nitrogens with zero attached hydrogens (tertiary/aromatic N) is 2. The van der Waals surface area contributed by atoms with Crippen LogP contribution in [0.4, 0.5) is 16.5 Å². The van der Waals surface area contributed by atoms with Crippen LogP contribution in [0.1, 0.15) is 22.8 Å². The van der Waals surface area contributed by atoms with Gasteiger partial charge in [0, 0.05) is 22.2 Å². The maximum absolute atomic E-state index is 12.8. The Morgan fingerprint density at radius 3 is 2.48 bits per heavy atom. The number of hydrogen-bond donors (Lipinski definition) is 3. The molecule has 12 heteroatoms. The van der Waals surface area contributed by atoms with Gasteiger partial charge in [-0.25, -0.2) is 10.4 Å². The zero-order valence-electron chi connectivity index (χ0n) is 25.0. The van der Waals surface area contributed by atoms with Crippen molar-refractivity contribution in [3.05, 3.63) is 112 Å². The monoisotopic (exact) mass is 699 g/mol. The van der Waals surface area contributed by atoms with Crippen molar-refractivity contribution in [3.8, 4) is 28.5 Å². The largest absolute Gasteiger partial charge is 0.495 e. The van der Waals surface area contributed by atoms with Crippen LogP contribution in [0.2, 0.25) is 0 Å². The first-order valence-corrected chi connectivity index (χ1v) is 15.8. The summed E-state index contributed by atoms with van der Waals surface area (Å²) in [5.74, 6) is 0.589. The molecule has 0 fully saturated rings. The van der Waals surface area contributed by atoms with Gasteiger partial charge in [-0.1, -0.05) is 42.5 Å². The van der Waals surface area contributed by atoms with Crippen LogP contribution >= 0.6 is 27.3 Å². The highest BCUT2D eigenvalue weighted by atomic mass is 79.9. The minimum atomic E-state index is -0.364. The molecule has 10 nitrogen and oxygen atoms in total. The van der Waals surface area contributed by atoms with Gasteiger partial charge in [0.2, 0.25) is 0 Å². The maximum Gasteiger partial charge on any atom is 0.271 e. The number of methoxy groups -OCH3 is 1. The third kappa shape index (κ3) is 8.49. The number of benzene rings is 4.